The van der Waals surface area contributed by atoms with Crippen molar-refractivity contribution in [3.63, 3.8) is 0 Å². The third kappa shape index (κ3) is 1.74. The first-order chi connectivity index (χ1) is 8.38. The van der Waals surface area contributed by atoms with Crippen LogP contribution in [0, 0.1) is 0 Å². The molecule has 0 bridgehead atoms. The summed E-state index contributed by atoms with van der Waals surface area (Å²) in [4.78, 5) is 10.7. The lowest BCUT2D eigenvalue weighted by atomic mass is 10.3. The topological polar surface area (TPSA) is 85.8 Å². The van der Waals surface area contributed by atoms with E-state index < -0.39 is 0 Å². The maximum Gasteiger partial charge on any atom is 0.152 e. The largest absolute Gasteiger partial charge is 0.346 e. The predicted molar refractivity (Wildman–Crippen MR) is 61.0 cm³/mol. The second kappa shape index (κ2) is 4.10. The molecule has 0 unspecified atom stereocenters. The van der Waals surface area contributed by atoms with Gasteiger partial charge in [-0.15, -0.1) is 10.2 Å². The van der Waals surface area contributed by atoms with Gasteiger partial charge in [0.25, 0.3) is 0 Å². The summed E-state index contributed by atoms with van der Waals surface area (Å²) in [5.74, 6) is 1.80. The van der Waals surface area contributed by atoms with Crippen LogP contribution < -0.4 is 10.6 Å². The Hall–Kier alpha value is -2.02. The van der Waals surface area contributed by atoms with Crippen molar-refractivity contribution in [2.75, 3.05) is 11.4 Å². The van der Waals surface area contributed by atoms with Crippen LogP contribution in [0.4, 0.5) is 5.82 Å². The Balaban J connectivity index is 1.91. The van der Waals surface area contributed by atoms with Crippen molar-refractivity contribution >= 4 is 5.82 Å². The predicted octanol–water partition coefficient (Wildman–Crippen LogP) is -0.453. The van der Waals surface area contributed by atoms with Crippen LogP contribution in [0.5, 0.6) is 0 Å². The SMILES string of the molecule is NCc1nccnc1N1CCn2cnnc2C1. The molecule has 88 valence electrons. The van der Waals surface area contributed by atoms with Crippen LogP contribution >= 0.6 is 0 Å². The van der Waals surface area contributed by atoms with Crippen molar-refractivity contribution in [2.24, 2.45) is 5.73 Å². The minimum absolute atomic E-state index is 0.395. The summed E-state index contributed by atoms with van der Waals surface area (Å²) in [7, 11) is 0. The van der Waals surface area contributed by atoms with E-state index in [1.807, 2.05) is 0 Å². The van der Waals surface area contributed by atoms with Crippen LogP contribution in [0.3, 0.4) is 0 Å². The molecule has 0 radical (unpaired) electrons. The smallest absolute Gasteiger partial charge is 0.152 e. The number of nitrogens with two attached hydrogens (primary N) is 1. The molecule has 2 aromatic rings. The summed E-state index contributed by atoms with van der Waals surface area (Å²) in [5, 5.41) is 7.98. The number of rotatable bonds is 2. The molecule has 3 heterocycles. The molecular formula is C10H13N7. The summed E-state index contributed by atoms with van der Waals surface area (Å²) < 4.78 is 2.05. The summed E-state index contributed by atoms with van der Waals surface area (Å²) in [6.07, 6.45) is 5.11. The maximum absolute atomic E-state index is 5.67. The highest BCUT2D eigenvalue weighted by molar-refractivity contribution is 5.43. The fourth-order valence-corrected chi connectivity index (χ4v) is 2.01. The van der Waals surface area contributed by atoms with Gasteiger partial charge in [-0.3, -0.25) is 4.98 Å². The molecule has 2 N–H and O–H groups in total. The Bertz CT molecular complexity index is 521. The standard InChI is InChI=1S/C10H13N7/c11-5-8-10(13-2-1-12-8)16-3-4-17-7-14-15-9(17)6-16/h1-2,7H,3-6,11H2. The number of hydrogen-bond donors (Lipinski definition) is 1. The molecule has 17 heavy (non-hydrogen) atoms. The lowest BCUT2D eigenvalue weighted by Crippen LogP contribution is -2.35. The molecular weight excluding hydrogens is 218 g/mol. The summed E-state index contributed by atoms with van der Waals surface area (Å²) in [6, 6.07) is 0. The number of anilines is 1. The third-order valence-corrected chi connectivity index (χ3v) is 2.88. The van der Waals surface area contributed by atoms with E-state index in [1.165, 1.54) is 0 Å². The Kier molecular flexibility index (Phi) is 2.45. The molecule has 0 amide bonds. The molecule has 0 saturated heterocycles. The van der Waals surface area contributed by atoms with E-state index in [4.69, 9.17) is 5.73 Å². The fraction of sp³-hybridized carbons (Fsp3) is 0.400. The van der Waals surface area contributed by atoms with Gasteiger partial charge in [0.2, 0.25) is 0 Å². The monoisotopic (exact) mass is 231 g/mol. The molecule has 3 rings (SSSR count). The van der Waals surface area contributed by atoms with Gasteiger partial charge in [-0.1, -0.05) is 0 Å². The van der Waals surface area contributed by atoms with E-state index in [1.54, 1.807) is 18.7 Å². The number of aromatic nitrogens is 5. The van der Waals surface area contributed by atoms with Gasteiger partial charge < -0.3 is 15.2 Å². The molecule has 7 heteroatoms. The molecule has 0 atom stereocenters. The van der Waals surface area contributed by atoms with E-state index in [0.717, 1.165) is 30.4 Å². The van der Waals surface area contributed by atoms with Crippen molar-refractivity contribution in [1.29, 1.82) is 0 Å². The zero-order chi connectivity index (χ0) is 11.7. The lowest BCUT2D eigenvalue weighted by Gasteiger charge is -2.28. The van der Waals surface area contributed by atoms with Gasteiger partial charge in [-0.2, -0.15) is 0 Å². The maximum atomic E-state index is 5.67. The first-order valence-electron chi connectivity index (χ1n) is 5.50. The first-order valence-corrected chi connectivity index (χ1v) is 5.50. The molecule has 0 fully saturated rings. The number of nitrogens with zero attached hydrogens (tertiary/aromatic N) is 6. The molecule has 0 aliphatic carbocycles. The van der Waals surface area contributed by atoms with Crippen molar-refractivity contribution in [2.45, 2.75) is 19.6 Å². The van der Waals surface area contributed by atoms with Gasteiger partial charge in [0, 0.05) is 32.0 Å². The summed E-state index contributed by atoms with van der Waals surface area (Å²) in [6.45, 7) is 2.83. The van der Waals surface area contributed by atoms with Crippen LogP contribution in [0.15, 0.2) is 18.7 Å². The van der Waals surface area contributed by atoms with Crippen molar-refractivity contribution in [3.8, 4) is 0 Å². The third-order valence-electron chi connectivity index (χ3n) is 2.88. The van der Waals surface area contributed by atoms with E-state index in [-0.39, 0.29) is 0 Å². The molecule has 7 nitrogen and oxygen atoms in total. The average molecular weight is 231 g/mol. The first kappa shape index (κ1) is 10.2. The van der Waals surface area contributed by atoms with E-state index in [9.17, 15) is 0 Å². The highest BCUT2D eigenvalue weighted by Crippen LogP contribution is 2.19. The van der Waals surface area contributed by atoms with E-state index in [0.29, 0.717) is 13.1 Å². The Labute approximate surface area is 98.3 Å². The number of fused-ring (bicyclic) bond motifs is 1. The van der Waals surface area contributed by atoms with Crippen LogP contribution in [-0.4, -0.2) is 31.3 Å². The molecule has 1 aliphatic rings. The molecule has 0 spiro atoms. The molecule has 0 saturated carbocycles. The zero-order valence-electron chi connectivity index (χ0n) is 9.32. The second-order valence-corrected chi connectivity index (χ2v) is 3.89. The van der Waals surface area contributed by atoms with Crippen LogP contribution in [0.25, 0.3) is 0 Å². The Morgan fingerprint density at radius 1 is 1.24 bits per heavy atom. The van der Waals surface area contributed by atoms with Gasteiger partial charge in [0.05, 0.1) is 12.2 Å². The van der Waals surface area contributed by atoms with Crippen LogP contribution in [0.1, 0.15) is 11.5 Å². The minimum atomic E-state index is 0.395. The summed E-state index contributed by atoms with van der Waals surface area (Å²) >= 11 is 0. The van der Waals surface area contributed by atoms with Crippen LogP contribution in [0.2, 0.25) is 0 Å². The minimum Gasteiger partial charge on any atom is -0.346 e. The lowest BCUT2D eigenvalue weighted by molar-refractivity contribution is 0.553. The van der Waals surface area contributed by atoms with Gasteiger partial charge in [-0.05, 0) is 0 Å². The molecule has 0 aromatic carbocycles. The average Bonchev–Trinajstić information content (AvgIpc) is 2.85. The second-order valence-electron chi connectivity index (χ2n) is 3.89. The number of hydrogen-bond acceptors (Lipinski definition) is 6. The van der Waals surface area contributed by atoms with E-state index in [2.05, 4.69) is 29.6 Å². The van der Waals surface area contributed by atoms with Crippen molar-refractivity contribution < 1.29 is 0 Å². The van der Waals surface area contributed by atoms with Gasteiger partial charge in [-0.25, -0.2) is 4.98 Å². The zero-order valence-corrected chi connectivity index (χ0v) is 9.32. The Morgan fingerprint density at radius 2 is 2.12 bits per heavy atom. The summed E-state index contributed by atoms with van der Waals surface area (Å²) in [5.41, 5.74) is 6.49. The fourth-order valence-electron chi connectivity index (χ4n) is 2.01. The van der Waals surface area contributed by atoms with Gasteiger partial charge >= 0.3 is 0 Å². The normalized spacial score (nSPS) is 14.8. The van der Waals surface area contributed by atoms with Gasteiger partial charge in [0.15, 0.2) is 11.6 Å². The highest BCUT2D eigenvalue weighted by atomic mass is 15.3. The molecule has 1 aliphatic heterocycles. The highest BCUT2D eigenvalue weighted by Gasteiger charge is 2.20. The van der Waals surface area contributed by atoms with Crippen molar-refractivity contribution in [1.82, 2.24) is 24.7 Å². The van der Waals surface area contributed by atoms with Gasteiger partial charge in [0.1, 0.15) is 6.33 Å². The van der Waals surface area contributed by atoms with Crippen molar-refractivity contribution in [3.05, 3.63) is 30.2 Å². The quantitative estimate of drug-likeness (QED) is 0.753. The molecule has 2 aromatic heterocycles. The Morgan fingerprint density at radius 3 is 3.00 bits per heavy atom. The van der Waals surface area contributed by atoms with Crippen LogP contribution in [-0.2, 0) is 19.6 Å². The van der Waals surface area contributed by atoms with E-state index >= 15 is 0 Å².